The summed E-state index contributed by atoms with van der Waals surface area (Å²) in [4.78, 5) is 10.5. The maximum atomic E-state index is 10.9. The number of rotatable bonds is 5. The van der Waals surface area contributed by atoms with E-state index in [4.69, 9.17) is 0 Å². The smallest absolute Gasteiger partial charge is 0.292 e. The quantitative estimate of drug-likeness (QED) is 0.677. The van der Waals surface area contributed by atoms with Gasteiger partial charge in [0, 0.05) is 18.8 Å². The molecule has 1 aromatic carbocycles. The fourth-order valence-electron chi connectivity index (χ4n) is 1.78. The molecule has 0 bridgehead atoms. The van der Waals surface area contributed by atoms with E-state index in [2.05, 4.69) is 26.3 Å². The Morgan fingerprint density at radius 2 is 2.32 bits per heavy atom. The molecule has 0 saturated carbocycles. The third-order valence-corrected chi connectivity index (χ3v) is 2.98. The molecule has 0 fully saturated rings. The van der Waals surface area contributed by atoms with E-state index in [1.54, 1.807) is 23.0 Å². The lowest BCUT2D eigenvalue weighted by molar-refractivity contribution is -0.384. The summed E-state index contributed by atoms with van der Waals surface area (Å²) < 4.78 is 2.67. The topological polar surface area (TPSA) is 73.0 Å². The van der Waals surface area contributed by atoms with Crippen molar-refractivity contribution in [3.05, 3.63) is 50.7 Å². The standard InChI is InChI=1S/C12H13BrN4O2/c1-2-14-11-5-9(3-4-12(11)17(18)19)7-16-8-10(13)6-15-16/h3-6,8,14H,2,7H2,1H3. The van der Waals surface area contributed by atoms with Crippen LogP contribution in [0.4, 0.5) is 11.4 Å². The molecular weight excluding hydrogens is 312 g/mol. The minimum absolute atomic E-state index is 0.0900. The Morgan fingerprint density at radius 1 is 1.53 bits per heavy atom. The maximum Gasteiger partial charge on any atom is 0.292 e. The van der Waals surface area contributed by atoms with Crippen LogP contribution in [-0.4, -0.2) is 21.2 Å². The second-order valence-electron chi connectivity index (χ2n) is 4.00. The van der Waals surface area contributed by atoms with Crippen LogP contribution in [0, 0.1) is 10.1 Å². The molecule has 0 aliphatic heterocycles. The molecule has 0 unspecified atom stereocenters. The van der Waals surface area contributed by atoms with E-state index in [0.29, 0.717) is 18.8 Å². The summed E-state index contributed by atoms with van der Waals surface area (Å²) in [6.07, 6.45) is 3.56. The lowest BCUT2D eigenvalue weighted by Crippen LogP contribution is -2.04. The monoisotopic (exact) mass is 324 g/mol. The molecule has 100 valence electrons. The number of nitro benzene ring substituents is 1. The van der Waals surface area contributed by atoms with E-state index in [9.17, 15) is 10.1 Å². The molecule has 0 saturated heterocycles. The molecule has 2 aromatic rings. The first-order valence-electron chi connectivity index (χ1n) is 5.79. The zero-order valence-electron chi connectivity index (χ0n) is 10.3. The van der Waals surface area contributed by atoms with Gasteiger partial charge in [-0.3, -0.25) is 14.8 Å². The van der Waals surface area contributed by atoms with Crippen LogP contribution in [0.15, 0.2) is 35.1 Å². The number of aromatic nitrogens is 2. The lowest BCUT2D eigenvalue weighted by atomic mass is 10.1. The Labute approximate surface area is 118 Å². The first kappa shape index (κ1) is 13.5. The van der Waals surface area contributed by atoms with Crippen molar-refractivity contribution in [1.29, 1.82) is 0 Å². The van der Waals surface area contributed by atoms with Crippen molar-refractivity contribution in [3.63, 3.8) is 0 Å². The first-order valence-corrected chi connectivity index (χ1v) is 6.58. The fourth-order valence-corrected chi connectivity index (χ4v) is 2.11. The maximum absolute atomic E-state index is 10.9. The number of hydrogen-bond acceptors (Lipinski definition) is 4. The summed E-state index contributed by atoms with van der Waals surface area (Å²) in [5, 5.41) is 18.1. The van der Waals surface area contributed by atoms with E-state index in [-0.39, 0.29) is 10.6 Å². The minimum Gasteiger partial charge on any atom is -0.380 e. The molecule has 6 nitrogen and oxygen atoms in total. The van der Waals surface area contributed by atoms with E-state index < -0.39 is 0 Å². The van der Waals surface area contributed by atoms with Gasteiger partial charge in [-0.1, -0.05) is 6.07 Å². The zero-order chi connectivity index (χ0) is 13.8. The molecule has 1 N–H and O–H groups in total. The fraction of sp³-hybridized carbons (Fsp3) is 0.250. The third kappa shape index (κ3) is 3.31. The number of nitrogens with zero attached hydrogens (tertiary/aromatic N) is 3. The summed E-state index contributed by atoms with van der Waals surface area (Å²) >= 11 is 3.33. The van der Waals surface area contributed by atoms with Crippen LogP contribution in [0.1, 0.15) is 12.5 Å². The highest BCUT2D eigenvalue weighted by atomic mass is 79.9. The zero-order valence-corrected chi connectivity index (χ0v) is 11.9. The minimum atomic E-state index is -0.383. The van der Waals surface area contributed by atoms with Crippen LogP contribution in [0.25, 0.3) is 0 Å². The molecule has 0 radical (unpaired) electrons. The van der Waals surface area contributed by atoms with Gasteiger partial charge in [-0.2, -0.15) is 5.10 Å². The second-order valence-corrected chi connectivity index (χ2v) is 4.91. The Balaban J connectivity index is 2.27. The number of anilines is 1. The highest BCUT2D eigenvalue weighted by Gasteiger charge is 2.13. The molecule has 0 aliphatic carbocycles. The molecule has 0 aliphatic rings. The van der Waals surface area contributed by atoms with Crippen molar-refractivity contribution in [2.75, 3.05) is 11.9 Å². The summed E-state index contributed by atoms with van der Waals surface area (Å²) in [5.41, 5.74) is 1.58. The highest BCUT2D eigenvalue weighted by Crippen LogP contribution is 2.25. The molecule has 1 heterocycles. The van der Waals surface area contributed by atoms with Gasteiger partial charge in [-0.05, 0) is 34.5 Å². The van der Waals surface area contributed by atoms with E-state index in [0.717, 1.165) is 10.0 Å². The predicted molar refractivity (Wildman–Crippen MR) is 76.3 cm³/mol. The normalized spacial score (nSPS) is 10.4. The third-order valence-electron chi connectivity index (χ3n) is 2.57. The summed E-state index contributed by atoms with van der Waals surface area (Å²) in [6.45, 7) is 3.11. The lowest BCUT2D eigenvalue weighted by Gasteiger charge is -2.07. The number of nitro groups is 1. The van der Waals surface area contributed by atoms with Gasteiger partial charge in [0.2, 0.25) is 0 Å². The summed E-state index contributed by atoms with van der Waals surface area (Å²) in [6, 6.07) is 5.05. The molecule has 0 atom stereocenters. The van der Waals surface area contributed by atoms with Crippen molar-refractivity contribution < 1.29 is 4.92 Å². The number of nitrogens with one attached hydrogen (secondary N) is 1. The van der Waals surface area contributed by atoms with Crippen LogP contribution in [-0.2, 0) is 6.54 Å². The number of hydrogen-bond donors (Lipinski definition) is 1. The van der Waals surface area contributed by atoms with Gasteiger partial charge < -0.3 is 5.32 Å². The Hall–Kier alpha value is -1.89. The SMILES string of the molecule is CCNc1cc(Cn2cc(Br)cn2)ccc1[N+](=O)[O-]. The van der Waals surface area contributed by atoms with Crippen LogP contribution in [0.3, 0.4) is 0 Å². The van der Waals surface area contributed by atoms with Gasteiger partial charge in [0.25, 0.3) is 5.69 Å². The Bertz CT molecular complexity index is 597. The van der Waals surface area contributed by atoms with E-state index in [1.165, 1.54) is 6.07 Å². The van der Waals surface area contributed by atoms with Crippen molar-refractivity contribution in [3.8, 4) is 0 Å². The van der Waals surface area contributed by atoms with Gasteiger partial charge >= 0.3 is 0 Å². The molecule has 19 heavy (non-hydrogen) atoms. The van der Waals surface area contributed by atoms with Crippen molar-refractivity contribution in [2.24, 2.45) is 0 Å². The van der Waals surface area contributed by atoms with Gasteiger partial charge in [0.15, 0.2) is 0 Å². The van der Waals surface area contributed by atoms with Gasteiger partial charge in [-0.15, -0.1) is 0 Å². The Morgan fingerprint density at radius 3 is 2.89 bits per heavy atom. The van der Waals surface area contributed by atoms with Crippen LogP contribution in [0.5, 0.6) is 0 Å². The molecule has 1 aromatic heterocycles. The van der Waals surface area contributed by atoms with Crippen LogP contribution in [0.2, 0.25) is 0 Å². The summed E-state index contributed by atoms with van der Waals surface area (Å²) in [5.74, 6) is 0. The first-order chi connectivity index (χ1) is 9.10. The predicted octanol–water partition coefficient (Wildman–Crippen LogP) is 3.03. The van der Waals surface area contributed by atoms with Crippen LogP contribution < -0.4 is 5.32 Å². The largest absolute Gasteiger partial charge is 0.380 e. The van der Waals surface area contributed by atoms with E-state index >= 15 is 0 Å². The highest BCUT2D eigenvalue weighted by molar-refractivity contribution is 9.10. The molecule has 0 amide bonds. The second kappa shape index (κ2) is 5.83. The molecule has 2 rings (SSSR count). The molecular formula is C12H13BrN4O2. The van der Waals surface area contributed by atoms with Gasteiger partial charge in [0.05, 0.1) is 22.1 Å². The average molecular weight is 325 g/mol. The van der Waals surface area contributed by atoms with Crippen LogP contribution >= 0.6 is 15.9 Å². The average Bonchev–Trinajstić information content (AvgIpc) is 2.75. The van der Waals surface area contributed by atoms with Crippen molar-refractivity contribution >= 4 is 27.3 Å². The molecule has 0 spiro atoms. The van der Waals surface area contributed by atoms with Crippen molar-refractivity contribution in [2.45, 2.75) is 13.5 Å². The van der Waals surface area contributed by atoms with Crippen molar-refractivity contribution in [1.82, 2.24) is 9.78 Å². The van der Waals surface area contributed by atoms with E-state index in [1.807, 2.05) is 13.1 Å². The summed E-state index contributed by atoms with van der Waals surface area (Å²) in [7, 11) is 0. The molecule has 7 heteroatoms. The Kier molecular flexibility index (Phi) is 4.16. The number of halogens is 1. The van der Waals surface area contributed by atoms with Gasteiger partial charge in [0.1, 0.15) is 5.69 Å². The number of benzene rings is 1. The van der Waals surface area contributed by atoms with Gasteiger partial charge in [-0.25, -0.2) is 0 Å².